The van der Waals surface area contributed by atoms with Crippen LogP contribution in [0.5, 0.6) is 0 Å². The molecule has 8 heteroatoms. The van der Waals surface area contributed by atoms with Gasteiger partial charge in [-0.25, -0.2) is 9.59 Å². The molecule has 0 aliphatic rings. The number of oxime groups is 2. The molecule has 0 atom stereocenters. The van der Waals surface area contributed by atoms with Gasteiger partial charge in [0.15, 0.2) is 0 Å². The summed E-state index contributed by atoms with van der Waals surface area (Å²) in [5.74, 6) is -0.905. The number of carbonyl (C=O) groups is 2. The topological polar surface area (TPSA) is 85.5 Å². The first-order valence-corrected chi connectivity index (χ1v) is 11.6. The van der Waals surface area contributed by atoms with Gasteiger partial charge >= 0.3 is 11.9 Å². The van der Waals surface area contributed by atoms with Crippen molar-refractivity contribution in [2.75, 3.05) is 19.0 Å². The molecular formula is C27H32N4O4. The molecule has 0 N–H and O–H groups in total. The summed E-state index contributed by atoms with van der Waals surface area (Å²) < 4.78 is 2.11. The number of nitrogens with zero attached hydrogens (tertiary/aromatic N) is 4. The van der Waals surface area contributed by atoms with Gasteiger partial charge < -0.3 is 19.1 Å². The Labute approximate surface area is 205 Å². The first-order chi connectivity index (χ1) is 16.7. The molecule has 1 aromatic heterocycles. The average Bonchev–Trinajstić information content (AvgIpc) is 3.21. The van der Waals surface area contributed by atoms with Crippen LogP contribution in [0.15, 0.2) is 59.0 Å². The highest BCUT2D eigenvalue weighted by atomic mass is 16.7. The minimum Gasteiger partial charge on any atom is -0.378 e. The van der Waals surface area contributed by atoms with E-state index in [1.54, 1.807) is 6.92 Å². The molecule has 0 saturated carbocycles. The highest BCUT2D eigenvalue weighted by molar-refractivity contribution is 6.11. The second kappa shape index (κ2) is 11.5. The van der Waals surface area contributed by atoms with Crippen LogP contribution in [-0.2, 0) is 19.3 Å². The van der Waals surface area contributed by atoms with Crippen LogP contribution in [0.4, 0.5) is 5.69 Å². The summed E-state index contributed by atoms with van der Waals surface area (Å²) >= 11 is 0. The van der Waals surface area contributed by atoms with Crippen LogP contribution in [0.3, 0.4) is 0 Å². The van der Waals surface area contributed by atoms with Crippen LogP contribution < -0.4 is 4.90 Å². The summed E-state index contributed by atoms with van der Waals surface area (Å²) in [5, 5.41) is 9.09. The maximum absolute atomic E-state index is 11.5. The summed E-state index contributed by atoms with van der Waals surface area (Å²) in [4.78, 5) is 34.4. The molecule has 3 rings (SSSR count). The molecule has 0 aliphatic heterocycles. The van der Waals surface area contributed by atoms with Gasteiger partial charge in [-0.15, -0.1) is 0 Å². The monoisotopic (exact) mass is 476 g/mol. The lowest BCUT2D eigenvalue weighted by Gasteiger charge is -2.13. The summed E-state index contributed by atoms with van der Waals surface area (Å²) in [7, 11) is 4.01. The van der Waals surface area contributed by atoms with E-state index < -0.39 is 11.9 Å². The molecule has 35 heavy (non-hydrogen) atoms. The van der Waals surface area contributed by atoms with E-state index in [9.17, 15) is 9.59 Å². The number of benzene rings is 2. The van der Waals surface area contributed by atoms with E-state index in [1.165, 1.54) is 13.8 Å². The molecule has 0 aliphatic carbocycles. The number of rotatable bonds is 9. The zero-order valence-corrected chi connectivity index (χ0v) is 21.2. The van der Waals surface area contributed by atoms with Gasteiger partial charge in [0.1, 0.15) is 0 Å². The maximum atomic E-state index is 11.5. The molecule has 8 nitrogen and oxygen atoms in total. The van der Waals surface area contributed by atoms with Crippen molar-refractivity contribution in [2.24, 2.45) is 10.3 Å². The van der Waals surface area contributed by atoms with E-state index in [2.05, 4.69) is 44.9 Å². The number of carbonyl (C=O) groups excluding carboxylic acids is 2. The van der Waals surface area contributed by atoms with Crippen molar-refractivity contribution >= 4 is 40.0 Å². The molecule has 0 fully saturated rings. The van der Waals surface area contributed by atoms with Crippen molar-refractivity contribution in [3.8, 4) is 5.69 Å². The minimum atomic E-state index is -0.460. The number of hydrogen-bond acceptors (Lipinski definition) is 7. The largest absolute Gasteiger partial charge is 0.378 e. The van der Waals surface area contributed by atoms with E-state index in [1.807, 2.05) is 44.6 Å². The van der Waals surface area contributed by atoms with Gasteiger partial charge in [0.05, 0.1) is 16.9 Å². The van der Waals surface area contributed by atoms with Crippen LogP contribution in [0.1, 0.15) is 58.1 Å². The van der Waals surface area contributed by atoms with Crippen LogP contribution in [0, 0.1) is 0 Å². The third-order valence-corrected chi connectivity index (χ3v) is 5.54. The SMILES string of the molecule is CCCC/C(=N\OC(C)=O)c1cn(-c2ccc(/C(C)=N/OC(C)=O)cc2)c2cc(N(C)C)ccc12. The Balaban J connectivity index is 2.13. The zero-order chi connectivity index (χ0) is 25.5. The highest BCUT2D eigenvalue weighted by Crippen LogP contribution is 2.30. The summed E-state index contributed by atoms with van der Waals surface area (Å²) in [6.07, 6.45) is 4.66. The van der Waals surface area contributed by atoms with Crippen molar-refractivity contribution in [3.05, 3.63) is 59.8 Å². The van der Waals surface area contributed by atoms with E-state index in [0.717, 1.165) is 52.0 Å². The van der Waals surface area contributed by atoms with E-state index in [-0.39, 0.29) is 0 Å². The minimum absolute atomic E-state index is 0.445. The Bertz CT molecular complexity index is 1270. The van der Waals surface area contributed by atoms with Gasteiger partial charge in [0.25, 0.3) is 0 Å². The van der Waals surface area contributed by atoms with Gasteiger partial charge in [-0.2, -0.15) is 0 Å². The Morgan fingerprint density at radius 3 is 2.20 bits per heavy atom. The van der Waals surface area contributed by atoms with Gasteiger partial charge in [0.2, 0.25) is 0 Å². The summed E-state index contributed by atoms with van der Waals surface area (Å²) in [6.45, 7) is 6.57. The average molecular weight is 477 g/mol. The van der Waals surface area contributed by atoms with Crippen LogP contribution in [0.2, 0.25) is 0 Å². The number of fused-ring (bicyclic) bond motifs is 1. The fourth-order valence-corrected chi connectivity index (χ4v) is 3.68. The van der Waals surface area contributed by atoms with Gasteiger partial charge in [-0.3, -0.25) is 0 Å². The molecule has 0 spiro atoms. The van der Waals surface area contributed by atoms with Gasteiger partial charge in [-0.1, -0.05) is 41.9 Å². The van der Waals surface area contributed by atoms with Crippen molar-refractivity contribution in [2.45, 2.75) is 47.0 Å². The Morgan fingerprint density at radius 2 is 1.60 bits per heavy atom. The smallest absolute Gasteiger partial charge is 0.331 e. The molecular weight excluding hydrogens is 444 g/mol. The predicted octanol–water partition coefficient (Wildman–Crippen LogP) is 5.44. The lowest BCUT2D eigenvalue weighted by molar-refractivity contribution is -0.141. The molecule has 0 radical (unpaired) electrons. The quantitative estimate of drug-likeness (QED) is 0.233. The molecule has 0 saturated heterocycles. The fourth-order valence-electron chi connectivity index (χ4n) is 3.68. The molecule has 0 amide bonds. The fraction of sp³-hybridized carbons (Fsp3) is 0.333. The Morgan fingerprint density at radius 1 is 0.943 bits per heavy atom. The van der Waals surface area contributed by atoms with Gasteiger partial charge in [0, 0.05) is 56.5 Å². The van der Waals surface area contributed by atoms with E-state index in [0.29, 0.717) is 12.1 Å². The normalized spacial score (nSPS) is 12.1. The lowest BCUT2D eigenvalue weighted by atomic mass is 10.0. The standard InChI is InChI=1S/C27H32N4O4/c1-7-8-9-26(29-35-20(4)33)25-17-31(27-16-23(30(5)6)14-15-24(25)27)22-12-10-21(11-13-22)18(2)28-34-19(3)32/h10-17H,7-9H2,1-6H3/b28-18+,29-26+. The van der Waals surface area contributed by atoms with Crippen LogP contribution in [0.25, 0.3) is 16.6 Å². The maximum Gasteiger partial charge on any atom is 0.331 e. The highest BCUT2D eigenvalue weighted by Gasteiger charge is 2.17. The van der Waals surface area contributed by atoms with Crippen LogP contribution >= 0.6 is 0 Å². The number of unbranched alkanes of at least 4 members (excludes halogenated alkanes) is 1. The predicted molar refractivity (Wildman–Crippen MR) is 139 cm³/mol. The Kier molecular flexibility index (Phi) is 8.41. The van der Waals surface area contributed by atoms with Gasteiger partial charge in [-0.05, 0) is 49.6 Å². The Hall–Kier alpha value is -3.94. The molecule has 184 valence electrons. The van der Waals surface area contributed by atoms with Crippen molar-refractivity contribution in [1.29, 1.82) is 0 Å². The first kappa shape index (κ1) is 25.7. The van der Waals surface area contributed by atoms with E-state index >= 15 is 0 Å². The second-order valence-corrected chi connectivity index (χ2v) is 8.54. The van der Waals surface area contributed by atoms with Crippen molar-refractivity contribution in [1.82, 2.24) is 4.57 Å². The number of hydrogen-bond donors (Lipinski definition) is 0. The third kappa shape index (κ3) is 6.35. The first-order valence-electron chi connectivity index (χ1n) is 11.6. The van der Waals surface area contributed by atoms with Crippen LogP contribution in [-0.4, -0.2) is 42.0 Å². The third-order valence-electron chi connectivity index (χ3n) is 5.54. The lowest BCUT2D eigenvalue weighted by Crippen LogP contribution is -2.08. The summed E-state index contributed by atoms with van der Waals surface area (Å²) in [6, 6.07) is 14.1. The molecule has 0 unspecified atom stereocenters. The van der Waals surface area contributed by atoms with Crippen molar-refractivity contribution < 1.29 is 19.3 Å². The molecule has 3 aromatic rings. The number of anilines is 1. The van der Waals surface area contributed by atoms with E-state index in [4.69, 9.17) is 9.68 Å². The molecule has 1 heterocycles. The summed E-state index contributed by atoms with van der Waals surface area (Å²) in [5.41, 5.74) is 6.15. The number of aromatic nitrogens is 1. The van der Waals surface area contributed by atoms with Crippen molar-refractivity contribution in [3.63, 3.8) is 0 Å². The molecule has 0 bridgehead atoms. The second-order valence-electron chi connectivity index (χ2n) is 8.54. The molecule has 2 aromatic carbocycles. The zero-order valence-electron chi connectivity index (χ0n) is 21.2.